The molecule has 2 N–H and O–H groups in total. The molecular weight excluding hydrogens is 416 g/mol. The van der Waals surface area contributed by atoms with E-state index in [2.05, 4.69) is 15.6 Å². The number of ether oxygens (including phenoxy) is 1. The summed E-state index contributed by atoms with van der Waals surface area (Å²) in [6.45, 7) is 2.01. The molecule has 2 aromatic rings. The average Bonchev–Trinajstić information content (AvgIpc) is 3.23. The van der Waals surface area contributed by atoms with Crippen LogP contribution in [0.3, 0.4) is 0 Å². The maximum atomic E-state index is 12.8. The molecule has 4 amide bonds. The van der Waals surface area contributed by atoms with Gasteiger partial charge in [-0.3, -0.25) is 14.5 Å². The van der Waals surface area contributed by atoms with Gasteiger partial charge in [0.25, 0.3) is 5.91 Å². The van der Waals surface area contributed by atoms with Crippen LogP contribution in [0.25, 0.3) is 11.3 Å². The number of amides is 4. The molecule has 1 spiro atoms. The summed E-state index contributed by atoms with van der Waals surface area (Å²) in [4.78, 5) is 44.3. The zero-order chi connectivity index (χ0) is 22.0. The minimum Gasteiger partial charge on any atom is -0.497 e. The molecule has 1 aromatic heterocycles. The average molecular weight is 443 g/mol. The van der Waals surface area contributed by atoms with Crippen LogP contribution < -0.4 is 15.4 Å². The lowest BCUT2D eigenvalue weighted by atomic mass is 9.82. The van der Waals surface area contributed by atoms with E-state index in [1.807, 2.05) is 31.2 Å². The van der Waals surface area contributed by atoms with Gasteiger partial charge in [0.1, 0.15) is 11.3 Å². The summed E-state index contributed by atoms with van der Waals surface area (Å²) < 4.78 is 5.18. The predicted molar refractivity (Wildman–Crippen MR) is 118 cm³/mol. The maximum absolute atomic E-state index is 12.8. The number of nitrogens with zero attached hydrogens (tertiary/aromatic N) is 2. The number of urea groups is 1. The molecule has 8 nitrogen and oxygen atoms in total. The summed E-state index contributed by atoms with van der Waals surface area (Å²) >= 11 is 1.39. The Balaban J connectivity index is 1.36. The SMILES string of the molecule is COc1ccc(-c2nc(NC(=O)CCN3C(=O)NC4(CCCCC4)C3=O)sc2C)cc1. The second-order valence-corrected chi connectivity index (χ2v) is 9.18. The summed E-state index contributed by atoms with van der Waals surface area (Å²) in [6.07, 6.45) is 4.32. The molecule has 1 aliphatic heterocycles. The number of methoxy groups -OCH3 is 1. The molecule has 1 saturated heterocycles. The van der Waals surface area contributed by atoms with Gasteiger partial charge in [0, 0.05) is 23.4 Å². The van der Waals surface area contributed by atoms with E-state index in [-0.39, 0.29) is 24.8 Å². The van der Waals surface area contributed by atoms with Gasteiger partial charge in [-0.05, 0) is 44.0 Å². The second kappa shape index (κ2) is 8.66. The summed E-state index contributed by atoms with van der Waals surface area (Å²) in [6, 6.07) is 7.18. The molecule has 1 aliphatic carbocycles. The molecule has 9 heteroatoms. The van der Waals surface area contributed by atoms with E-state index in [1.165, 1.54) is 16.2 Å². The topological polar surface area (TPSA) is 101 Å². The lowest BCUT2D eigenvalue weighted by Gasteiger charge is -2.30. The van der Waals surface area contributed by atoms with Gasteiger partial charge < -0.3 is 15.4 Å². The smallest absolute Gasteiger partial charge is 0.325 e. The number of carbonyl (C=O) groups excluding carboxylic acids is 3. The molecule has 0 atom stereocenters. The fourth-order valence-electron chi connectivity index (χ4n) is 4.24. The quantitative estimate of drug-likeness (QED) is 0.664. The maximum Gasteiger partial charge on any atom is 0.325 e. The number of hydrogen-bond acceptors (Lipinski definition) is 6. The fraction of sp³-hybridized carbons (Fsp3) is 0.455. The fourth-order valence-corrected chi connectivity index (χ4v) is 5.09. The highest BCUT2D eigenvalue weighted by molar-refractivity contribution is 7.16. The van der Waals surface area contributed by atoms with Gasteiger partial charge >= 0.3 is 6.03 Å². The molecule has 0 unspecified atom stereocenters. The van der Waals surface area contributed by atoms with E-state index in [0.29, 0.717) is 18.0 Å². The highest BCUT2D eigenvalue weighted by atomic mass is 32.1. The van der Waals surface area contributed by atoms with Gasteiger partial charge in [-0.1, -0.05) is 19.3 Å². The normalized spacial score (nSPS) is 17.7. The number of aromatic nitrogens is 1. The third-order valence-electron chi connectivity index (χ3n) is 5.92. The highest BCUT2D eigenvalue weighted by Crippen LogP contribution is 2.34. The number of rotatable bonds is 6. The molecule has 0 bridgehead atoms. The van der Waals surface area contributed by atoms with Gasteiger partial charge in [0.15, 0.2) is 5.13 Å². The van der Waals surface area contributed by atoms with E-state index in [0.717, 1.165) is 41.1 Å². The third kappa shape index (κ3) is 4.27. The van der Waals surface area contributed by atoms with Gasteiger partial charge in [0.2, 0.25) is 5.91 Å². The van der Waals surface area contributed by atoms with Crippen molar-refractivity contribution in [3.63, 3.8) is 0 Å². The Kier molecular flexibility index (Phi) is 5.95. The first-order valence-corrected chi connectivity index (χ1v) is 11.3. The van der Waals surface area contributed by atoms with Crippen molar-refractivity contribution in [3.8, 4) is 17.0 Å². The van der Waals surface area contributed by atoms with Crippen molar-refractivity contribution < 1.29 is 19.1 Å². The highest BCUT2D eigenvalue weighted by Gasteiger charge is 2.51. The van der Waals surface area contributed by atoms with Crippen molar-refractivity contribution in [1.82, 2.24) is 15.2 Å². The van der Waals surface area contributed by atoms with Gasteiger partial charge in [-0.2, -0.15) is 0 Å². The Labute approximate surface area is 185 Å². The minimum atomic E-state index is -0.758. The van der Waals surface area contributed by atoms with E-state index in [9.17, 15) is 14.4 Å². The van der Waals surface area contributed by atoms with Crippen LogP contribution in [0.4, 0.5) is 9.93 Å². The Morgan fingerprint density at radius 1 is 1.23 bits per heavy atom. The van der Waals surface area contributed by atoms with Crippen molar-refractivity contribution in [1.29, 1.82) is 0 Å². The molecule has 164 valence electrons. The number of carbonyl (C=O) groups is 3. The van der Waals surface area contributed by atoms with Crippen LogP contribution in [0.2, 0.25) is 0 Å². The number of anilines is 1. The van der Waals surface area contributed by atoms with Gasteiger partial charge in [-0.25, -0.2) is 9.78 Å². The summed E-state index contributed by atoms with van der Waals surface area (Å²) in [5.74, 6) is 0.290. The Bertz CT molecular complexity index is 995. The number of imide groups is 1. The molecule has 31 heavy (non-hydrogen) atoms. The zero-order valence-electron chi connectivity index (χ0n) is 17.7. The van der Waals surface area contributed by atoms with Crippen LogP contribution in [0.15, 0.2) is 24.3 Å². The molecule has 1 aromatic carbocycles. The van der Waals surface area contributed by atoms with Crippen molar-refractivity contribution in [2.24, 2.45) is 0 Å². The second-order valence-electron chi connectivity index (χ2n) is 7.98. The molecule has 1 saturated carbocycles. The Hall–Kier alpha value is -2.94. The van der Waals surface area contributed by atoms with E-state index in [4.69, 9.17) is 4.74 Å². The molecule has 0 radical (unpaired) electrons. The summed E-state index contributed by atoms with van der Waals surface area (Å²) in [7, 11) is 1.62. The molecule has 2 fully saturated rings. The molecule has 4 rings (SSSR count). The van der Waals surface area contributed by atoms with Gasteiger partial charge in [0.05, 0.1) is 12.8 Å². The number of nitrogens with one attached hydrogen (secondary N) is 2. The van der Waals surface area contributed by atoms with Crippen molar-refractivity contribution >= 4 is 34.3 Å². The molecular formula is C22H26N4O4S. The van der Waals surface area contributed by atoms with Crippen LogP contribution in [0.1, 0.15) is 43.4 Å². The van der Waals surface area contributed by atoms with Crippen LogP contribution in [0, 0.1) is 6.92 Å². The Morgan fingerprint density at radius 3 is 2.61 bits per heavy atom. The lowest BCUT2D eigenvalue weighted by molar-refractivity contribution is -0.132. The number of thiazole rings is 1. The summed E-state index contributed by atoms with van der Waals surface area (Å²) in [5.41, 5.74) is 0.981. The predicted octanol–water partition coefficient (Wildman–Crippen LogP) is 3.71. The van der Waals surface area contributed by atoms with E-state index < -0.39 is 11.6 Å². The Morgan fingerprint density at radius 2 is 1.94 bits per heavy atom. The van der Waals surface area contributed by atoms with Crippen LogP contribution >= 0.6 is 11.3 Å². The zero-order valence-corrected chi connectivity index (χ0v) is 18.5. The third-order valence-corrected chi connectivity index (χ3v) is 6.81. The lowest BCUT2D eigenvalue weighted by Crippen LogP contribution is -2.48. The van der Waals surface area contributed by atoms with Crippen LogP contribution in [-0.2, 0) is 9.59 Å². The number of hydrogen-bond donors (Lipinski definition) is 2. The number of aryl methyl sites for hydroxylation is 1. The minimum absolute atomic E-state index is 0.0335. The first-order valence-electron chi connectivity index (χ1n) is 10.5. The number of benzene rings is 1. The molecule has 2 aliphatic rings. The van der Waals surface area contributed by atoms with Crippen molar-refractivity contribution in [3.05, 3.63) is 29.1 Å². The first-order chi connectivity index (χ1) is 14.9. The van der Waals surface area contributed by atoms with Crippen molar-refractivity contribution in [2.75, 3.05) is 19.0 Å². The molecule has 2 heterocycles. The van der Waals surface area contributed by atoms with Gasteiger partial charge in [-0.15, -0.1) is 11.3 Å². The monoisotopic (exact) mass is 442 g/mol. The largest absolute Gasteiger partial charge is 0.497 e. The van der Waals surface area contributed by atoms with Crippen molar-refractivity contribution in [2.45, 2.75) is 51.0 Å². The van der Waals surface area contributed by atoms with Crippen LogP contribution in [0.5, 0.6) is 5.75 Å². The summed E-state index contributed by atoms with van der Waals surface area (Å²) in [5, 5.41) is 6.16. The van der Waals surface area contributed by atoms with E-state index in [1.54, 1.807) is 7.11 Å². The van der Waals surface area contributed by atoms with Crippen LogP contribution in [-0.4, -0.2) is 46.9 Å². The standard InChI is InChI=1S/C22H26N4O4S/c1-14-18(15-6-8-16(30-2)9-7-15)24-20(31-14)23-17(27)10-13-26-19(28)22(25-21(26)29)11-4-3-5-12-22/h6-9H,3-5,10-13H2,1-2H3,(H,25,29)(H,23,24,27). The van der Waals surface area contributed by atoms with E-state index >= 15 is 0 Å². The first kappa shape index (κ1) is 21.3.